The van der Waals surface area contributed by atoms with Gasteiger partial charge in [0.05, 0.1) is 23.3 Å². The highest BCUT2D eigenvalue weighted by molar-refractivity contribution is 6.39. The van der Waals surface area contributed by atoms with E-state index in [0.717, 1.165) is 43.9 Å². The van der Waals surface area contributed by atoms with Crippen LogP contribution in [0.25, 0.3) is 10.9 Å². The first kappa shape index (κ1) is 21.8. The van der Waals surface area contributed by atoms with Gasteiger partial charge >= 0.3 is 0 Å². The summed E-state index contributed by atoms with van der Waals surface area (Å²) in [6.07, 6.45) is 0. The van der Waals surface area contributed by atoms with Crippen LogP contribution in [0.4, 0.5) is 5.69 Å². The van der Waals surface area contributed by atoms with E-state index in [1.54, 1.807) is 6.07 Å². The third-order valence-electron chi connectivity index (χ3n) is 5.07. The highest BCUT2D eigenvalue weighted by Gasteiger charge is 2.15. The summed E-state index contributed by atoms with van der Waals surface area (Å²) in [6.45, 7) is 5.97. The Hall–Kier alpha value is -2.38. The van der Waals surface area contributed by atoms with Crippen molar-refractivity contribution in [3.05, 3.63) is 63.8 Å². The number of aryl methyl sites for hydroxylation is 1. The number of nitrogens with zero attached hydrogens (tertiary/aromatic N) is 2. The predicted molar refractivity (Wildman–Crippen MR) is 123 cm³/mol. The van der Waals surface area contributed by atoms with Gasteiger partial charge in [-0.1, -0.05) is 35.3 Å². The number of anilines is 1. The minimum atomic E-state index is -0.284. The number of hydrogen-bond donors (Lipinski definition) is 1. The fourth-order valence-electron chi connectivity index (χ4n) is 3.47. The van der Waals surface area contributed by atoms with Crippen molar-refractivity contribution in [2.24, 2.45) is 0 Å². The molecule has 8 heteroatoms. The second-order valence-corrected chi connectivity index (χ2v) is 8.25. The lowest BCUT2D eigenvalue weighted by atomic mass is 10.2. The van der Waals surface area contributed by atoms with Crippen LogP contribution in [0.3, 0.4) is 0 Å². The highest BCUT2D eigenvalue weighted by atomic mass is 35.5. The number of carbonyl (C=O) groups is 1. The van der Waals surface area contributed by atoms with E-state index in [1.807, 2.05) is 43.3 Å². The van der Waals surface area contributed by atoms with Crippen LogP contribution in [0.5, 0.6) is 5.75 Å². The number of aromatic nitrogens is 1. The van der Waals surface area contributed by atoms with Gasteiger partial charge in [0.2, 0.25) is 0 Å². The van der Waals surface area contributed by atoms with E-state index >= 15 is 0 Å². The lowest BCUT2D eigenvalue weighted by Gasteiger charge is -2.26. The number of nitrogens with one attached hydrogen (secondary N) is 1. The Balaban J connectivity index is 1.38. The molecule has 31 heavy (non-hydrogen) atoms. The summed E-state index contributed by atoms with van der Waals surface area (Å²) in [7, 11) is 0. The molecule has 1 aliphatic rings. The largest absolute Gasteiger partial charge is 0.480 e. The van der Waals surface area contributed by atoms with Gasteiger partial charge in [-0.05, 0) is 42.8 Å². The quantitative estimate of drug-likeness (QED) is 0.578. The lowest BCUT2D eigenvalue weighted by molar-refractivity contribution is -0.118. The van der Waals surface area contributed by atoms with Gasteiger partial charge in [0, 0.05) is 36.4 Å². The van der Waals surface area contributed by atoms with Crippen LogP contribution in [0, 0.1) is 6.92 Å². The molecule has 2 aromatic carbocycles. The molecule has 0 aliphatic carbocycles. The molecule has 162 valence electrons. The van der Waals surface area contributed by atoms with Gasteiger partial charge in [0.15, 0.2) is 12.4 Å². The first-order chi connectivity index (χ1) is 15.0. The maximum absolute atomic E-state index is 12.4. The Kier molecular flexibility index (Phi) is 6.92. The molecular formula is C23H23Cl2N3O3. The number of hydrogen-bond acceptors (Lipinski definition) is 5. The van der Waals surface area contributed by atoms with Crippen molar-refractivity contribution in [1.29, 1.82) is 0 Å². The van der Waals surface area contributed by atoms with Crippen molar-refractivity contribution < 1.29 is 14.3 Å². The van der Waals surface area contributed by atoms with Crippen molar-refractivity contribution in [2.45, 2.75) is 13.5 Å². The van der Waals surface area contributed by atoms with Crippen LogP contribution >= 0.6 is 23.2 Å². The molecule has 0 spiro atoms. The van der Waals surface area contributed by atoms with Gasteiger partial charge in [0.25, 0.3) is 5.91 Å². The molecule has 1 amide bonds. The highest BCUT2D eigenvalue weighted by Crippen LogP contribution is 2.37. The van der Waals surface area contributed by atoms with E-state index in [0.29, 0.717) is 27.0 Å². The van der Waals surface area contributed by atoms with Crippen molar-refractivity contribution in [3.8, 4) is 5.75 Å². The van der Waals surface area contributed by atoms with Crippen molar-refractivity contribution >= 4 is 45.7 Å². The fraction of sp³-hybridized carbons (Fsp3) is 0.304. The average molecular weight is 460 g/mol. The van der Waals surface area contributed by atoms with Crippen LogP contribution in [0.1, 0.15) is 11.3 Å². The number of fused-ring (bicyclic) bond motifs is 1. The minimum absolute atomic E-state index is 0.193. The van der Waals surface area contributed by atoms with Gasteiger partial charge in [-0.2, -0.15) is 0 Å². The Morgan fingerprint density at radius 1 is 1.13 bits per heavy atom. The van der Waals surface area contributed by atoms with E-state index in [9.17, 15) is 4.79 Å². The smallest absolute Gasteiger partial charge is 0.262 e. The van der Waals surface area contributed by atoms with Crippen LogP contribution in [0.2, 0.25) is 10.0 Å². The first-order valence-corrected chi connectivity index (χ1v) is 10.8. The topological polar surface area (TPSA) is 63.7 Å². The number of halogens is 2. The molecule has 3 aromatic rings. The number of carbonyl (C=O) groups excluding carboxylic acids is 1. The predicted octanol–water partition coefficient (Wildman–Crippen LogP) is 4.70. The van der Waals surface area contributed by atoms with Crippen LogP contribution in [-0.4, -0.2) is 48.7 Å². The molecule has 1 fully saturated rings. The summed E-state index contributed by atoms with van der Waals surface area (Å²) in [5, 5.41) is 4.37. The zero-order valence-corrected chi connectivity index (χ0v) is 18.7. The molecule has 6 nitrogen and oxygen atoms in total. The van der Waals surface area contributed by atoms with E-state index in [-0.39, 0.29) is 12.5 Å². The first-order valence-electron chi connectivity index (χ1n) is 10.1. The molecule has 0 unspecified atom stereocenters. The summed E-state index contributed by atoms with van der Waals surface area (Å²) >= 11 is 12.6. The molecule has 2 heterocycles. The van der Waals surface area contributed by atoms with Crippen molar-refractivity contribution in [3.63, 3.8) is 0 Å². The van der Waals surface area contributed by atoms with E-state index in [4.69, 9.17) is 32.7 Å². The van der Waals surface area contributed by atoms with E-state index in [2.05, 4.69) is 15.2 Å². The monoisotopic (exact) mass is 459 g/mol. The number of ether oxygens (including phenoxy) is 2. The van der Waals surface area contributed by atoms with Gasteiger partial charge in [-0.3, -0.25) is 9.69 Å². The zero-order valence-electron chi connectivity index (χ0n) is 17.2. The average Bonchev–Trinajstić information content (AvgIpc) is 2.75. The Morgan fingerprint density at radius 3 is 2.61 bits per heavy atom. The number of amides is 1. The van der Waals surface area contributed by atoms with E-state index in [1.165, 1.54) is 5.56 Å². The van der Waals surface area contributed by atoms with Gasteiger partial charge < -0.3 is 14.8 Å². The van der Waals surface area contributed by atoms with Gasteiger partial charge in [-0.15, -0.1) is 0 Å². The summed E-state index contributed by atoms with van der Waals surface area (Å²) < 4.78 is 11.1. The number of pyridine rings is 1. The van der Waals surface area contributed by atoms with Crippen LogP contribution < -0.4 is 10.1 Å². The maximum atomic E-state index is 12.4. The molecule has 0 saturated carbocycles. The second-order valence-electron chi connectivity index (χ2n) is 7.44. The Morgan fingerprint density at radius 2 is 1.87 bits per heavy atom. The molecule has 1 aromatic heterocycles. The summed E-state index contributed by atoms with van der Waals surface area (Å²) in [5.41, 5.74) is 3.24. The molecule has 0 atom stereocenters. The summed E-state index contributed by atoms with van der Waals surface area (Å²) in [6, 6.07) is 13.1. The maximum Gasteiger partial charge on any atom is 0.262 e. The molecule has 0 radical (unpaired) electrons. The number of benzene rings is 2. The second kappa shape index (κ2) is 9.83. The molecular weight excluding hydrogens is 437 g/mol. The van der Waals surface area contributed by atoms with Gasteiger partial charge in [0.1, 0.15) is 5.52 Å². The molecule has 1 N–H and O–H groups in total. The molecule has 1 saturated heterocycles. The zero-order chi connectivity index (χ0) is 21.8. The lowest BCUT2D eigenvalue weighted by Crippen LogP contribution is -2.35. The SMILES string of the molecule is Cc1ccc2c(Cl)cc(Cl)c(OCC(=O)Nc3ccc(CN4CCOCC4)cc3)c2n1. The van der Waals surface area contributed by atoms with Gasteiger partial charge in [-0.25, -0.2) is 4.98 Å². The normalized spacial score (nSPS) is 14.5. The van der Waals surface area contributed by atoms with Crippen molar-refractivity contribution in [1.82, 2.24) is 9.88 Å². The summed E-state index contributed by atoms with van der Waals surface area (Å²) in [5.74, 6) is 0.0634. The van der Waals surface area contributed by atoms with Crippen LogP contribution in [-0.2, 0) is 16.1 Å². The standard InChI is InChI=1S/C23H23Cl2N3O3/c1-15-2-7-18-19(24)12-20(25)23(22(18)26-15)31-14-21(29)27-17-5-3-16(4-6-17)13-28-8-10-30-11-9-28/h2-7,12H,8-11,13-14H2,1H3,(H,27,29). The molecule has 1 aliphatic heterocycles. The fourth-order valence-corrected chi connectivity index (χ4v) is 4.04. The number of rotatable bonds is 6. The van der Waals surface area contributed by atoms with E-state index < -0.39 is 0 Å². The van der Waals surface area contributed by atoms with Crippen LogP contribution in [0.15, 0.2) is 42.5 Å². The van der Waals surface area contributed by atoms with Crippen molar-refractivity contribution in [2.75, 3.05) is 38.2 Å². The third kappa shape index (κ3) is 5.46. The Bertz CT molecular complexity index is 1080. The third-order valence-corrected chi connectivity index (χ3v) is 5.67. The molecule has 0 bridgehead atoms. The number of morpholine rings is 1. The summed E-state index contributed by atoms with van der Waals surface area (Å²) in [4.78, 5) is 19.2. The molecule has 4 rings (SSSR count). The Labute approximate surface area is 191 Å². The minimum Gasteiger partial charge on any atom is -0.480 e.